The first-order valence-electron chi connectivity index (χ1n) is 13.7. The Morgan fingerprint density at radius 1 is 0.706 bits per heavy atom. The summed E-state index contributed by atoms with van der Waals surface area (Å²) >= 11 is 0. The summed E-state index contributed by atoms with van der Waals surface area (Å²) in [6.45, 7) is 11.0. The van der Waals surface area contributed by atoms with Crippen molar-refractivity contribution in [1.82, 2.24) is 4.90 Å². The van der Waals surface area contributed by atoms with Crippen LogP contribution in [0.1, 0.15) is 101 Å². The van der Waals surface area contributed by atoms with Crippen LogP contribution in [0.15, 0.2) is 48.5 Å². The van der Waals surface area contributed by atoms with E-state index >= 15 is 0 Å². The van der Waals surface area contributed by atoms with E-state index in [0.717, 1.165) is 31.6 Å². The molecule has 34 heavy (non-hydrogen) atoms. The quantitative estimate of drug-likeness (QED) is 0.227. The van der Waals surface area contributed by atoms with Gasteiger partial charge in [0.1, 0.15) is 0 Å². The topological polar surface area (TPSA) is 23.6 Å². The molecule has 2 rings (SSSR count). The maximum atomic E-state index is 14.0. The molecule has 2 aromatic carbocycles. The van der Waals surface area contributed by atoms with Crippen molar-refractivity contribution in [2.75, 3.05) is 18.0 Å². The average Bonchev–Trinajstić information content (AvgIpc) is 2.84. The lowest BCUT2D eigenvalue weighted by Crippen LogP contribution is -2.44. The summed E-state index contributed by atoms with van der Waals surface area (Å²) in [6, 6.07) is 17.1. The van der Waals surface area contributed by atoms with Crippen LogP contribution in [0.4, 0.5) is 10.5 Å². The van der Waals surface area contributed by atoms with E-state index < -0.39 is 0 Å². The predicted molar refractivity (Wildman–Crippen MR) is 148 cm³/mol. The molecule has 0 spiro atoms. The van der Waals surface area contributed by atoms with E-state index in [1.165, 1.54) is 74.5 Å². The van der Waals surface area contributed by atoms with Crippen molar-refractivity contribution in [3.05, 3.63) is 65.2 Å². The first kappa shape index (κ1) is 28.0. The van der Waals surface area contributed by atoms with Gasteiger partial charge in [-0.1, -0.05) is 120 Å². The lowest BCUT2D eigenvalue weighted by atomic mass is 10.1. The third-order valence-corrected chi connectivity index (χ3v) is 6.63. The number of anilines is 1. The Morgan fingerprint density at radius 3 is 1.91 bits per heavy atom. The van der Waals surface area contributed by atoms with Crippen LogP contribution in [-0.2, 0) is 6.54 Å². The fourth-order valence-corrected chi connectivity index (χ4v) is 4.60. The zero-order chi connectivity index (χ0) is 24.6. The highest BCUT2D eigenvalue weighted by atomic mass is 16.2. The molecule has 0 saturated heterocycles. The number of carbonyl (C=O) groups is 1. The number of aryl methyl sites for hydroxylation is 2. The number of nitrogens with zero attached hydrogens (tertiary/aromatic N) is 2. The molecule has 0 saturated carbocycles. The molecular formula is C31H48N2O. The number of hydrogen-bond acceptors (Lipinski definition) is 1. The van der Waals surface area contributed by atoms with E-state index in [-0.39, 0.29) is 6.03 Å². The van der Waals surface area contributed by atoms with Gasteiger partial charge in [-0.3, -0.25) is 4.90 Å². The highest BCUT2D eigenvalue weighted by Crippen LogP contribution is 2.24. The molecule has 0 fully saturated rings. The lowest BCUT2D eigenvalue weighted by Gasteiger charge is -2.32. The molecule has 0 N–H and O–H groups in total. The summed E-state index contributed by atoms with van der Waals surface area (Å²) in [4.78, 5) is 18.2. The van der Waals surface area contributed by atoms with E-state index in [9.17, 15) is 4.79 Å². The summed E-state index contributed by atoms with van der Waals surface area (Å²) in [5, 5.41) is 0. The average molecular weight is 465 g/mol. The van der Waals surface area contributed by atoms with E-state index in [1.54, 1.807) is 0 Å². The zero-order valence-electron chi connectivity index (χ0n) is 22.3. The number of carbonyl (C=O) groups excluding carboxylic acids is 1. The van der Waals surface area contributed by atoms with Gasteiger partial charge in [-0.2, -0.15) is 0 Å². The van der Waals surface area contributed by atoms with Crippen molar-refractivity contribution < 1.29 is 4.79 Å². The summed E-state index contributed by atoms with van der Waals surface area (Å²) in [6.07, 6.45) is 13.4. The minimum atomic E-state index is 0.153. The second-order valence-electron chi connectivity index (χ2n) is 9.81. The molecular weight excluding hydrogens is 416 g/mol. The third-order valence-electron chi connectivity index (χ3n) is 6.63. The van der Waals surface area contributed by atoms with Crippen molar-refractivity contribution in [3.63, 3.8) is 0 Å². The van der Waals surface area contributed by atoms with Gasteiger partial charge in [0.25, 0.3) is 0 Å². The van der Waals surface area contributed by atoms with Gasteiger partial charge < -0.3 is 4.90 Å². The van der Waals surface area contributed by atoms with E-state index in [0.29, 0.717) is 6.54 Å². The van der Waals surface area contributed by atoms with Crippen LogP contribution in [0.25, 0.3) is 0 Å². The van der Waals surface area contributed by atoms with Crippen molar-refractivity contribution in [3.8, 4) is 0 Å². The van der Waals surface area contributed by atoms with Gasteiger partial charge >= 0.3 is 6.03 Å². The molecule has 2 amide bonds. The number of benzene rings is 2. The third kappa shape index (κ3) is 9.91. The maximum absolute atomic E-state index is 14.0. The summed E-state index contributed by atoms with van der Waals surface area (Å²) in [5.74, 6) is 0. The number of amides is 2. The monoisotopic (exact) mass is 464 g/mol. The Morgan fingerprint density at radius 2 is 1.29 bits per heavy atom. The van der Waals surface area contributed by atoms with Crippen LogP contribution in [0.3, 0.4) is 0 Å². The molecule has 0 radical (unpaired) electrons. The van der Waals surface area contributed by atoms with Gasteiger partial charge in [0, 0.05) is 25.3 Å². The summed E-state index contributed by atoms with van der Waals surface area (Å²) in [5.41, 5.74) is 4.69. The molecule has 0 bridgehead atoms. The van der Waals surface area contributed by atoms with Gasteiger partial charge in [0.2, 0.25) is 0 Å². The van der Waals surface area contributed by atoms with Crippen LogP contribution >= 0.6 is 0 Å². The van der Waals surface area contributed by atoms with Gasteiger partial charge in [0.15, 0.2) is 0 Å². The molecule has 0 heterocycles. The Balaban J connectivity index is 2.18. The van der Waals surface area contributed by atoms with Gasteiger partial charge in [-0.25, -0.2) is 4.79 Å². The number of unbranched alkanes of at least 4 members (excludes halogenated alkanes) is 9. The molecule has 0 aliphatic rings. The Labute approximate surface area is 209 Å². The van der Waals surface area contributed by atoms with Gasteiger partial charge in [0.05, 0.1) is 0 Å². The lowest BCUT2D eigenvalue weighted by molar-refractivity contribution is 0.200. The van der Waals surface area contributed by atoms with Gasteiger partial charge in [-0.15, -0.1) is 0 Å². The predicted octanol–water partition coefficient (Wildman–Crippen LogP) is 9.06. The maximum Gasteiger partial charge on any atom is 0.324 e. The molecule has 0 unspecified atom stereocenters. The van der Waals surface area contributed by atoms with Crippen LogP contribution in [0, 0.1) is 13.8 Å². The standard InChI is InChI=1S/C31H48N2O/c1-5-7-9-11-13-18-24-33(30-22-21-27(3)25-28(30)4)31(34)32(23-17-12-10-8-6-2)26-29-19-15-14-16-20-29/h14-16,19-22,25H,5-13,17-18,23-24,26H2,1-4H3. The minimum absolute atomic E-state index is 0.153. The molecule has 0 atom stereocenters. The second kappa shape index (κ2) is 16.4. The van der Waals surface area contributed by atoms with Crippen molar-refractivity contribution in [1.29, 1.82) is 0 Å². The number of rotatable bonds is 16. The SMILES string of the molecule is CCCCCCCCN(C(=O)N(CCCCCCC)Cc1ccccc1)c1ccc(C)cc1C. The first-order chi connectivity index (χ1) is 16.6. The van der Waals surface area contributed by atoms with Crippen molar-refractivity contribution in [2.45, 2.75) is 105 Å². The largest absolute Gasteiger partial charge is 0.324 e. The second-order valence-corrected chi connectivity index (χ2v) is 9.81. The summed E-state index contributed by atoms with van der Waals surface area (Å²) in [7, 11) is 0. The first-order valence-corrected chi connectivity index (χ1v) is 13.7. The molecule has 3 heteroatoms. The highest BCUT2D eigenvalue weighted by molar-refractivity contribution is 5.92. The molecule has 0 aromatic heterocycles. The fraction of sp³-hybridized carbons (Fsp3) is 0.581. The van der Waals surface area contributed by atoms with E-state index in [2.05, 4.69) is 80.0 Å². The Hall–Kier alpha value is -2.29. The number of hydrogen-bond donors (Lipinski definition) is 0. The molecule has 2 aromatic rings. The van der Waals surface area contributed by atoms with Crippen LogP contribution < -0.4 is 4.90 Å². The summed E-state index contributed by atoms with van der Waals surface area (Å²) < 4.78 is 0. The van der Waals surface area contributed by atoms with E-state index in [1.807, 2.05) is 6.07 Å². The van der Waals surface area contributed by atoms with Crippen LogP contribution in [0.2, 0.25) is 0 Å². The number of urea groups is 1. The highest BCUT2D eigenvalue weighted by Gasteiger charge is 2.23. The van der Waals surface area contributed by atoms with Crippen LogP contribution in [-0.4, -0.2) is 24.0 Å². The molecule has 0 aliphatic heterocycles. The molecule has 3 nitrogen and oxygen atoms in total. The fourth-order valence-electron chi connectivity index (χ4n) is 4.60. The van der Waals surface area contributed by atoms with Crippen molar-refractivity contribution >= 4 is 11.7 Å². The minimum Gasteiger partial charge on any atom is -0.320 e. The normalized spacial score (nSPS) is 10.9. The van der Waals surface area contributed by atoms with E-state index in [4.69, 9.17) is 0 Å². The zero-order valence-corrected chi connectivity index (χ0v) is 22.3. The van der Waals surface area contributed by atoms with Crippen molar-refractivity contribution in [2.24, 2.45) is 0 Å². The van der Waals surface area contributed by atoms with Gasteiger partial charge in [-0.05, 0) is 43.9 Å². The molecule has 0 aliphatic carbocycles. The molecule has 188 valence electrons. The smallest absolute Gasteiger partial charge is 0.320 e. The Kier molecular flexibility index (Phi) is 13.4. The van der Waals surface area contributed by atoms with Crippen LogP contribution in [0.5, 0.6) is 0 Å². The Bertz CT molecular complexity index is 817.